The molecule has 10 heteroatoms. The van der Waals surface area contributed by atoms with Gasteiger partial charge in [0.05, 0.1) is 53.5 Å². The highest BCUT2D eigenvalue weighted by molar-refractivity contribution is 9.10. The molecule has 0 aliphatic carbocycles. The second-order valence-electron chi connectivity index (χ2n) is 27.0. The molecule has 0 aliphatic heterocycles. The molecule has 0 radical (unpaired) electrons. The van der Waals surface area contributed by atoms with E-state index >= 15 is 0 Å². The number of hydrogen-bond donors (Lipinski definition) is 2. The molecule has 0 saturated heterocycles. The number of thiophene rings is 2. The lowest BCUT2D eigenvalue weighted by molar-refractivity contribution is 0.426. The van der Waals surface area contributed by atoms with E-state index < -0.39 is 7.12 Å². The van der Waals surface area contributed by atoms with Crippen LogP contribution in [0.1, 0.15) is 0 Å². The van der Waals surface area contributed by atoms with Crippen molar-refractivity contribution in [3.63, 3.8) is 0 Å². The molecule has 22 aromatic rings. The quantitative estimate of drug-likeness (QED) is 0.149. The average molecular weight is 1460 g/mol. The van der Waals surface area contributed by atoms with Gasteiger partial charge in [0, 0.05) is 101 Å². The molecule has 106 heavy (non-hydrogen) atoms. The van der Waals surface area contributed by atoms with Gasteiger partial charge in [0.25, 0.3) is 0 Å². The van der Waals surface area contributed by atoms with Crippen LogP contribution in [0.25, 0.3) is 184 Å². The third-order valence-corrected chi connectivity index (χ3v) is 24.0. The Morgan fingerprint density at radius 3 is 1.07 bits per heavy atom. The molecule has 0 aliphatic rings. The van der Waals surface area contributed by atoms with Crippen molar-refractivity contribution in [2.45, 2.75) is 0 Å². The molecule has 6 heterocycles. The molecular weight excluding hydrogens is 1400 g/mol. The van der Waals surface area contributed by atoms with Crippen LogP contribution in [0.5, 0.6) is 0 Å². The number of hydrogen-bond acceptors (Lipinski definition) is 4. The fraction of sp³-hybridized carbons (Fsp3) is 0. The summed E-state index contributed by atoms with van der Waals surface area (Å²) in [6.45, 7) is 0. The third-order valence-electron chi connectivity index (χ3n) is 21.0. The minimum Gasteiger partial charge on any atom is -0.423 e. The van der Waals surface area contributed by atoms with Crippen molar-refractivity contribution < 1.29 is 10.0 Å². The fourth-order valence-electron chi connectivity index (χ4n) is 16.2. The van der Waals surface area contributed by atoms with Crippen molar-refractivity contribution in [1.29, 1.82) is 0 Å². The van der Waals surface area contributed by atoms with Crippen molar-refractivity contribution >= 4 is 179 Å². The van der Waals surface area contributed by atoms with Gasteiger partial charge in [-0.25, -0.2) is 0 Å². The molecule has 0 unspecified atom stereocenters. The number of para-hydroxylation sites is 6. The molecule has 500 valence electrons. The lowest BCUT2D eigenvalue weighted by atomic mass is 9.80. The highest BCUT2D eigenvalue weighted by Crippen LogP contribution is 2.50. The number of benzene rings is 16. The van der Waals surface area contributed by atoms with Crippen LogP contribution < -0.4 is 5.46 Å². The summed E-state index contributed by atoms with van der Waals surface area (Å²) >= 11 is 7.67. The van der Waals surface area contributed by atoms with E-state index in [2.05, 4.69) is 350 Å². The minimum absolute atomic E-state index is 0.495. The summed E-state index contributed by atoms with van der Waals surface area (Å²) in [5.74, 6) is 0. The average Bonchev–Trinajstić information content (AvgIpc) is 1.56. The maximum Gasteiger partial charge on any atom is 0.488 e. The second-order valence-corrected chi connectivity index (χ2v) is 29.9. The van der Waals surface area contributed by atoms with E-state index in [1.54, 1.807) is 6.07 Å². The lowest BCUT2D eigenvalue weighted by Gasteiger charge is -2.12. The lowest BCUT2D eigenvalue weighted by Crippen LogP contribution is -2.29. The van der Waals surface area contributed by atoms with Gasteiger partial charge in [0.1, 0.15) is 0 Å². The summed E-state index contributed by atoms with van der Waals surface area (Å²) in [6, 6.07) is 129. The molecular formula is C96H62BBrN4O2S2. The number of rotatable bonds is 8. The Labute approximate surface area is 626 Å². The third kappa shape index (κ3) is 10.5. The summed E-state index contributed by atoms with van der Waals surface area (Å²) in [7, 11) is -1.48. The maximum atomic E-state index is 9.57. The Hall–Kier alpha value is -12.4. The molecule has 0 amide bonds. The van der Waals surface area contributed by atoms with Gasteiger partial charge < -0.3 is 28.3 Å². The maximum absolute atomic E-state index is 9.57. The number of halogens is 1. The van der Waals surface area contributed by atoms with Crippen molar-refractivity contribution in [2.75, 3.05) is 0 Å². The molecule has 0 fully saturated rings. The van der Waals surface area contributed by atoms with Crippen molar-refractivity contribution in [3.05, 3.63) is 368 Å². The summed E-state index contributed by atoms with van der Waals surface area (Å²) < 4.78 is 16.0. The van der Waals surface area contributed by atoms with Gasteiger partial charge in [-0.1, -0.05) is 265 Å². The van der Waals surface area contributed by atoms with Crippen LogP contribution in [-0.2, 0) is 0 Å². The fourth-order valence-corrected chi connectivity index (χ4v) is 19.3. The zero-order valence-corrected chi connectivity index (χ0v) is 60.3. The van der Waals surface area contributed by atoms with Crippen LogP contribution in [-0.4, -0.2) is 35.4 Å². The Morgan fingerprint density at radius 2 is 0.585 bits per heavy atom. The summed E-state index contributed by atoms with van der Waals surface area (Å²) in [5, 5.41) is 34.1. The SMILES string of the molecule is Brc1cc2c3ccccc3sc2c2c1c1ccccc1n2-c1ccccc1.OB(O)c1ccc2c(c1)c1ccccc1n2-c1ccc(-c2ccccc2)cc1.c1ccc(-c2ccc(-n3c4ccccc4c4cc(-c5cc6c7ccccc7sc6c6c5c5ccccc5n6-c5ccccc5)ccc43)cc2)cc1. The zero-order chi connectivity index (χ0) is 70.5. The van der Waals surface area contributed by atoms with Crippen molar-refractivity contribution in [1.82, 2.24) is 18.3 Å². The van der Waals surface area contributed by atoms with E-state index in [4.69, 9.17) is 0 Å². The van der Waals surface area contributed by atoms with Gasteiger partial charge in [-0.3, -0.25) is 0 Å². The van der Waals surface area contributed by atoms with E-state index in [1.807, 2.05) is 65.1 Å². The number of aromatic nitrogens is 4. The molecule has 0 bridgehead atoms. The first-order valence-electron chi connectivity index (χ1n) is 35.6. The molecule has 2 N–H and O–H groups in total. The zero-order valence-electron chi connectivity index (χ0n) is 57.1. The molecule has 0 saturated carbocycles. The first kappa shape index (κ1) is 63.3. The van der Waals surface area contributed by atoms with E-state index in [0.29, 0.717) is 5.46 Å². The molecule has 6 aromatic heterocycles. The Morgan fingerprint density at radius 1 is 0.245 bits per heavy atom. The molecule has 6 nitrogen and oxygen atoms in total. The van der Waals surface area contributed by atoms with Gasteiger partial charge >= 0.3 is 7.12 Å². The standard InChI is InChI=1S/C48H30N2S.C24H18BNO2.C24H14BrNS/c1-3-13-31(14-4-1)32-23-26-35(27-24-32)49-42-20-10-7-17-36(42)40-29-33(25-28-44(40)49)39-30-41-37-18-9-12-22-45(37)51-48(41)47-46(39)38-19-8-11-21-43(38)50(47)34-15-5-2-6-16-34;27-25(28)19-12-15-24-22(16-19)21-8-4-5-9-23(21)26(24)20-13-10-18(11-14-20)17-6-2-1-3-7-17;25-19-14-18-16-10-5-7-13-21(16)27-24(18)23-22(19)17-11-4-6-12-20(17)26(23)15-8-2-1-3-9-15/h1-30H;1-16,27-28H;1-14H. The van der Waals surface area contributed by atoms with Crippen LogP contribution in [0.15, 0.2) is 368 Å². The Kier molecular flexibility index (Phi) is 15.6. The predicted molar refractivity (Wildman–Crippen MR) is 456 cm³/mol. The highest BCUT2D eigenvalue weighted by atomic mass is 79.9. The number of fused-ring (bicyclic) bond motifs is 20. The first-order chi connectivity index (χ1) is 52.4. The van der Waals surface area contributed by atoms with Gasteiger partial charge in [0.15, 0.2) is 0 Å². The topological polar surface area (TPSA) is 60.2 Å². The molecule has 0 atom stereocenters. The van der Waals surface area contributed by atoms with Crippen LogP contribution in [0.3, 0.4) is 0 Å². The van der Waals surface area contributed by atoms with Gasteiger partial charge in [-0.2, -0.15) is 0 Å². The monoisotopic (exact) mass is 1460 g/mol. The highest BCUT2D eigenvalue weighted by Gasteiger charge is 2.25. The van der Waals surface area contributed by atoms with Crippen LogP contribution in [0.4, 0.5) is 0 Å². The molecule has 22 rings (SSSR count). The smallest absolute Gasteiger partial charge is 0.423 e. The summed E-state index contributed by atoms with van der Waals surface area (Å²) in [4.78, 5) is 0. The Balaban J connectivity index is 0.000000115. The van der Waals surface area contributed by atoms with Crippen LogP contribution in [0, 0.1) is 0 Å². The largest absolute Gasteiger partial charge is 0.488 e. The summed E-state index contributed by atoms with van der Waals surface area (Å²) in [6.07, 6.45) is 0. The van der Waals surface area contributed by atoms with E-state index in [-0.39, 0.29) is 0 Å². The summed E-state index contributed by atoms with van der Waals surface area (Å²) in [5.41, 5.74) is 22.0. The normalized spacial score (nSPS) is 11.7. The number of nitrogens with zero attached hydrogens (tertiary/aromatic N) is 4. The van der Waals surface area contributed by atoms with E-state index in [9.17, 15) is 10.0 Å². The second kappa shape index (κ2) is 26.1. The van der Waals surface area contributed by atoms with Crippen molar-refractivity contribution in [3.8, 4) is 56.1 Å². The van der Waals surface area contributed by atoms with E-state index in [0.717, 1.165) is 37.7 Å². The minimum atomic E-state index is -1.48. The predicted octanol–water partition coefficient (Wildman–Crippen LogP) is 25.6. The molecule has 0 spiro atoms. The van der Waals surface area contributed by atoms with Crippen molar-refractivity contribution in [2.24, 2.45) is 0 Å². The van der Waals surface area contributed by atoms with Gasteiger partial charge in [0.2, 0.25) is 0 Å². The molecule has 16 aromatic carbocycles. The van der Waals surface area contributed by atoms with Crippen LogP contribution >= 0.6 is 38.6 Å². The van der Waals surface area contributed by atoms with E-state index in [1.165, 1.54) is 151 Å². The van der Waals surface area contributed by atoms with Gasteiger partial charge in [-0.15, -0.1) is 22.7 Å². The van der Waals surface area contributed by atoms with Crippen LogP contribution in [0.2, 0.25) is 0 Å². The first-order valence-corrected chi connectivity index (χ1v) is 38.1. The Bertz CT molecular complexity index is 7160. The van der Waals surface area contributed by atoms with Gasteiger partial charge in [-0.05, 0) is 154 Å².